The first-order valence-electron chi connectivity index (χ1n) is 5.44. The van der Waals surface area contributed by atoms with Crippen molar-refractivity contribution in [2.75, 3.05) is 7.11 Å². The molecule has 0 N–H and O–H groups in total. The van der Waals surface area contributed by atoms with Gasteiger partial charge >= 0.3 is 5.97 Å². The Labute approximate surface area is 107 Å². The third kappa shape index (κ3) is 2.79. The molecule has 98 valence electrons. The monoisotopic (exact) mass is 268 g/mol. The van der Waals surface area contributed by atoms with Crippen LogP contribution < -0.4 is 0 Å². The molecule has 0 fully saturated rings. The molecule has 1 rings (SSSR count). The van der Waals surface area contributed by atoms with Gasteiger partial charge in [-0.05, 0) is 12.1 Å². The number of benzene rings is 1. The number of allylic oxidation sites excluding steroid dienone is 1. The number of hydrogen-bond donors (Lipinski definition) is 0. The van der Waals surface area contributed by atoms with E-state index >= 15 is 0 Å². The van der Waals surface area contributed by atoms with Crippen LogP contribution in [0.25, 0.3) is 0 Å². The van der Waals surface area contributed by atoms with E-state index in [1.165, 1.54) is 25.3 Å². The van der Waals surface area contributed by atoms with Crippen LogP contribution in [0.5, 0.6) is 0 Å². The summed E-state index contributed by atoms with van der Waals surface area (Å²) in [5, 5.41) is -1.26. The summed E-state index contributed by atoms with van der Waals surface area (Å²) < 4.78 is 29.3. The Bertz CT molecular complexity index is 519. The molecule has 0 aliphatic heterocycles. The van der Waals surface area contributed by atoms with E-state index in [1.807, 2.05) is 0 Å². The molecule has 1 aromatic carbocycles. The first-order chi connectivity index (χ1) is 8.45. The number of hydrogen-bond acceptors (Lipinski definition) is 4. The fourth-order valence-corrected chi connectivity index (χ4v) is 3.48. The zero-order valence-corrected chi connectivity index (χ0v) is 11.2. The fourth-order valence-electron chi connectivity index (χ4n) is 1.62. The maximum absolute atomic E-state index is 12.4. The average Bonchev–Trinajstić information content (AvgIpc) is 2.39. The first kappa shape index (κ1) is 14.4. The fraction of sp³-hybridized carbons (Fsp3) is 0.308. The summed E-state index contributed by atoms with van der Waals surface area (Å²) in [5.41, 5.74) is 0. The Hall–Kier alpha value is -1.62. The third-order valence-electron chi connectivity index (χ3n) is 2.69. The van der Waals surface area contributed by atoms with Gasteiger partial charge < -0.3 is 4.74 Å². The summed E-state index contributed by atoms with van der Waals surface area (Å²) >= 11 is 0. The predicted octanol–water partition coefficient (Wildman–Crippen LogP) is 1.82. The highest BCUT2D eigenvalue weighted by molar-refractivity contribution is 7.92. The molecule has 0 heterocycles. The van der Waals surface area contributed by atoms with Gasteiger partial charge in [0.1, 0.15) is 0 Å². The van der Waals surface area contributed by atoms with Gasteiger partial charge in [-0.1, -0.05) is 31.2 Å². The van der Waals surface area contributed by atoms with E-state index in [1.54, 1.807) is 25.1 Å². The van der Waals surface area contributed by atoms with E-state index < -0.39 is 27.0 Å². The van der Waals surface area contributed by atoms with Crippen LogP contribution in [-0.4, -0.2) is 26.7 Å². The minimum atomic E-state index is -3.77. The van der Waals surface area contributed by atoms with Gasteiger partial charge in [-0.3, -0.25) is 4.79 Å². The molecule has 18 heavy (non-hydrogen) atoms. The molecular weight excluding hydrogens is 252 g/mol. The molecule has 0 radical (unpaired) electrons. The Kier molecular flexibility index (Phi) is 4.67. The molecule has 5 heteroatoms. The maximum Gasteiger partial charge on any atom is 0.325 e. The van der Waals surface area contributed by atoms with Gasteiger partial charge in [-0.25, -0.2) is 8.42 Å². The molecule has 0 bridgehead atoms. The number of carbonyl (C=O) groups is 1. The zero-order chi connectivity index (χ0) is 13.8. The molecule has 0 spiro atoms. The summed E-state index contributed by atoms with van der Waals surface area (Å²) in [6, 6.07) is 7.85. The standard InChI is InChI=1S/C13H16O4S/c1-4-10(2)12(13(14)17-3)18(15,16)11-8-6-5-7-9-11/h4-10,12H,1H2,2-3H3/t10-,12?/m1/s1. The number of methoxy groups -OCH3 is 1. The van der Waals surface area contributed by atoms with Crippen LogP contribution in [0.3, 0.4) is 0 Å². The predicted molar refractivity (Wildman–Crippen MR) is 68.8 cm³/mol. The van der Waals surface area contributed by atoms with Crippen LogP contribution in [-0.2, 0) is 19.4 Å². The number of ether oxygens (including phenoxy) is 1. The van der Waals surface area contributed by atoms with E-state index in [0.717, 1.165) is 0 Å². The lowest BCUT2D eigenvalue weighted by molar-refractivity contribution is -0.140. The largest absolute Gasteiger partial charge is 0.468 e. The van der Waals surface area contributed by atoms with Gasteiger partial charge in [0, 0.05) is 5.92 Å². The number of rotatable bonds is 5. The van der Waals surface area contributed by atoms with E-state index in [2.05, 4.69) is 11.3 Å². The average molecular weight is 268 g/mol. The summed E-state index contributed by atoms with van der Waals surface area (Å²) in [6.45, 7) is 5.15. The molecule has 0 amide bonds. The lowest BCUT2D eigenvalue weighted by Crippen LogP contribution is -2.36. The second-order valence-electron chi connectivity index (χ2n) is 3.90. The highest BCUT2D eigenvalue weighted by Gasteiger charge is 2.38. The molecule has 0 aliphatic carbocycles. The summed E-state index contributed by atoms with van der Waals surface area (Å²) in [7, 11) is -2.60. The number of esters is 1. The topological polar surface area (TPSA) is 60.4 Å². The quantitative estimate of drug-likeness (QED) is 0.603. The number of carbonyl (C=O) groups excluding carboxylic acids is 1. The second kappa shape index (κ2) is 5.82. The lowest BCUT2D eigenvalue weighted by Gasteiger charge is -2.19. The summed E-state index contributed by atoms with van der Waals surface area (Å²) in [4.78, 5) is 11.8. The van der Waals surface area contributed by atoms with Crippen LogP contribution in [0.1, 0.15) is 6.92 Å². The Balaban J connectivity index is 3.29. The van der Waals surface area contributed by atoms with Gasteiger partial charge in [-0.15, -0.1) is 6.58 Å². The van der Waals surface area contributed by atoms with E-state index in [-0.39, 0.29) is 4.90 Å². The Morgan fingerprint density at radius 1 is 1.33 bits per heavy atom. The van der Waals surface area contributed by atoms with Crippen molar-refractivity contribution in [2.24, 2.45) is 5.92 Å². The van der Waals surface area contributed by atoms with Gasteiger partial charge in [0.15, 0.2) is 15.1 Å². The summed E-state index contributed by atoms with van der Waals surface area (Å²) in [5.74, 6) is -1.30. The first-order valence-corrected chi connectivity index (χ1v) is 6.99. The van der Waals surface area contributed by atoms with Crippen molar-refractivity contribution < 1.29 is 17.9 Å². The molecule has 2 atom stereocenters. The molecule has 1 unspecified atom stereocenters. The van der Waals surface area contributed by atoms with Crippen molar-refractivity contribution in [3.8, 4) is 0 Å². The lowest BCUT2D eigenvalue weighted by atomic mass is 10.1. The van der Waals surface area contributed by atoms with E-state index in [0.29, 0.717) is 0 Å². The minimum Gasteiger partial charge on any atom is -0.468 e. The van der Waals surface area contributed by atoms with Gasteiger partial charge in [-0.2, -0.15) is 0 Å². The molecule has 1 aromatic rings. The number of sulfone groups is 1. The van der Waals surface area contributed by atoms with Gasteiger partial charge in [0.2, 0.25) is 0 Å². The third-order valence-corrected chi connectivity index (χ3v) is 4.91. The van der Waals surface area contributed by atoms with Crippen molar-refractivity contribution in [3.05, 3.63) is 43.0 Å². The van der Waals surface area contributed by atoms with Crippen molar-refractivity contribution in [1.29, 1.82) is 0 Å². The molecule has 4 nitrogen and oxygen atoms in total. The highest BCUT2D eigenvalue weighted by Crippen LogP contribution is 2.23. The summed E-state index contributed by atoms with van der Waals surface area (Å²) in [6.07, 6.45) is 1.43. The van der Waals surface area contributed by atoms with Crippen LogP contribution in [0.2, 0.25) is 0 Å². The zero-order valence-electron chi connectivity index (χ0n) is 10.4. The SMILES string of the molecule is C=C[C@@H](C)C(C(=O)OC)S(=O)(=O)c1ccccc1. The van der Waals surface area contributed by atoms with Crippen LogP contribution >= 0.6 is 0 Å². The molecule has 0 aliphatic rings. The van der Waals surface area contributed by atoms with Crippen LogP contribution in [0, 0.1) is 5.92 Å². The van der Waals surface area contributed by atoms with Crippen LogP contribution in [0.4, 0.5) is 0 Å². The van der Waals surface area contributed by atoms with E-state index in [4.69, 9.17) is 0 Å². The highest BCUT2D eigenvalue weighted by atomic mass is 32.2. The molecular formula is C13H16O4S. The molecule has 0 aromatic heterocycles. The smallest absolute Gasteiger partial charge is 0.325 e. The van der Waals surface area contributed by atoms with Crippen molar-refractivity contribution in [3.63, 3.8) is 0 Å². The van der Waals surface area contributed by atoms with Crippen LogP contribution in [0.15, 0.2) is 47.9 Å². The van der Waals surface area contributed by atoms with Crippen molar-refractivity contribution >= 4 is 15.8 Å². The molecule has 0 saturated heterocycles. The Morgan fingerprint density at radius 3 is 2.33 bits per heavy atom. The van der Waals surface area contributed by atoms with Crippen molar-refractivity contribution in [1.82, 2.24) is 0 Å². The maximum atomic E-state index is 12.4. The van der Waals surface area contributed by atoms with Gasteiger partial charge in [0.25, 0.3) is 0 Å². The Morgan fingerprint density at radius 2 is 1.89 bits per heavy atom. The minimum absolute atomic E-state index is 0.106. The molecule has 0 saturated carbocycles. The second-order valence-corrected chi connectivity index (χ2v) is 5.97. The van der Waals surface area contributed by atoms with E-state index in [9.17, 15) is 13.2 Å². The normalized spacial score (nSPS) is 14.6. The van der Waals surface area contributed by atoms with Crippen molar-refractivity contribution in [2.45, 2.75) is 17.1 Å². The van der Waals surface area contributed by atoms with Gasteiger partial charge in [0.05, 0.1) is 12.0 Å².